The Kier molecular flexibility index (Phi) is 4.93. The van der Waals surface area contributed by atoms with Gasteiger partial charge in [-0.05, 0) is 36.5 Å². The highest BCUT2D eigenvalue weighted by Gasteiger charge is 2.34. The second-order valence-electron chi connectivity index (χ2n) is 5.12. The van der Waals surface area contributed by atoms with E-state index in [4.69, 9.17) is 11.6 Å². The van der Waals surface area contributed by atoms with E-state index in [1.54, 1.807) is 18.2 Å². The molecule has 0 atom stereocenters. The van der Waals surface area contributed by atoms with Crippen LogP contribution in [-0.2, 0) is 10.0 Å². The van der Waals surface area contributed by atoms with Gasteiger partial charge in [-0.25, -0.2) is 13.1 Å². The highest BCUT2D eigenvalue weighted by atomic mass is 79.9. The molecule has 1 saturated carbocycles. The third-order valence-electron chi connectivity index (χ3n) is 3.69. The zero-order chi connectivity index (χ0) is 13.9. The minimum Gasteiger partial charge on any atom is -0.211 e. The topological polar surface area (TPSA) is 46.2 Å². The molecule has 0 bridgehead atoms. The second kappa shape index (κ2) is 6.12. The molecule has 1 N–H and O–H groups in total. The summed E-state index contributed by atoms with van der Waals surface area (Å²) < 4.78 is 27.1. The minimum atomic E-state index is -3.47. The largest absolute Gasteiger partial charge is 0.240 e. The molecule has 1 aliphatic carbocycles. The van der Waals surface area contributed by atoms with E-state index in [-0.39, 0.29) is 10.3 Å². The van der Waals surface area contributed by atoms with Crippen molar-refractivity contribution < 1.29 is 8.42 Å². The van der Waals surface area contributed by atoms with Crippen LogP contribution in [0.2, 0.25) is 5.02 Å². The summed E-state index contributed by atoms with van der Waals surface area (Å²) in [5.74, 6) is 0. The molecule has 2 rings (SSSR count). The van der Waals surface area contributed by atoms with Gasteiger partial charge in [-0.2, -0.15) is 0 Å². The van der Waals surface area contributed by atoms with Gasteiger partial charge in [0.25, 0.3) is 0 Å². The zero-order valence-corrected chi connectivity index (χ0v) is 13.7. The number of nitrogens with one attached hydrogen (secondary N) is 1. The Labute approximate surface area is 127 Å². The minimum absolute atomic E-state index is 0.0612. The first-order valence-corrected chi connectivity index (χ1v) is 9.27. The molecule has 0 heterocycles. The van der Waals surface area contributed by atoms with Crippen molar-refractivity contribution in [1.29, 1.82) is 0 Å². The van der Waals surface area contributed by atoms with E-state index in [9.17, 15) is 8.42 Å². The van der Waals surface area contributed by atoms with Crippen LogP contribution in [0, 0.1) is 5.41 Å². The van der Waals surface area contributed by atoms with Crippen LogP contribution >= 0.6 is 27.5 Å². The highest BCUT2D eigenvalue weighted by molar-refractivity contribution is 9.09. The molecule has 0 aromatic heterocycles. The van der Waals surface area contributed by atoms with Gasteiger partial charge in [0.1, 0.15) is 0 Å². The fourth-order valence-electron chi connectivity index (χ4n) is 2.45. The molecule has 0 saturated heterocycles. The van der Waals surface area contributed by atoms with Gasteiger partial charge in [0, 0.05) is 16.9 Å². The van der Waals surface area contributed by atoms with Crippen LogP contribution in [0.15, 0.2) is 29.2 Å². The summed E-state index contributed by atoms with van der Waals surface area (Å²) >= 11 is 9.35. The third-order valence-corrected chi connectivity index (χ3v) is 6.51. The van der Waals surface area contributed by atoms with Crippen LogP contribution in [0.3, 0.4) is 0 Å². The molecule has 1 aliphatic rings. The van der Waals surface area contributed by atoms with Gasteiger partial charge < -0.3 is 0 Å². The van der Waals surface area contributed by atoms with Gasteiger partial charge in [-0.3, -0.25) is 0 Å². The van der Waals surface area contributed by atoms with Crippen LogP contribution in [0.4, 0.5) is 0 Å². The van der Waals surface area contributed by atoms with Gasteiger partial charge in [0.05, 0.1) is 4.90 Å². The lowest BCUT2D eigenvalue weighted by Gasteiger charge is -2.26. The first-order chi connectivity index (χ1) is 8.97. The van der Waals surface area contributed by atoms with Gasteiger partial charge >= 0.3 is 0 Å². The van der Waals surface area contributed by atoms with Gasteiger partial charge in [-0.15, -0.1) is 0 Å². The first kappa shape index (κ1) is 15.3. The fraction of sp³-hybridized carbons (Fsp3) is 0.538. The second-order valence-corrected chi connectivity index (χ2v) is 7.89. The lowest BCUT2D eigenvalue weighted by atomic mass is 9.89. The molecular formula is C13H17BrClNO2S. The Bertz CT molecular complexity index is 541. The van der Waals surface area contributed by atoms with E-state index in [1.165, 1.54) is 18.9 Å². The Morgan fingerprint density at radius 1 is 1.32 bits per heavy atom. The van der Waals surface area contributed by atoms with Crippen LogP contribution in [0.1, 0.15) is 25.7 Å². The summed E-state index contributed by atoms with van der Waals surface area (Å²) in [7, 11) is -3.47. The molecule has 0 spiro atoms. The molecule has 1 aromatic rings. The predicted octanol–water partition coefficient (Wildman–Crippen LogP) is 3.57. The molecule has 1 fully saturated rings. The summed E-state index contributed by atoms with van der Waals surface area (Å²) in [5.41, 5.74) is 0.0612. The van der Waals surface area contributed by atoms with E-state index in [0.717, 1.165) is 18.2 Å². The Morgan fingerprint density at radius 2 is 2.00 bits per heavy atom. The first-order valence-electron chi connectivity index (χ1n) is 6.29. The van der Waals surface area contributed by atoms with Crippen molar-refractivity contribution in [2.45, 2.75) is 30.6 Å². The van der Waals surface area contributed by atoms with Crippen LogP contribution in [0.5, 0.6) is 0 Å². The van der Waals surface area contributed by atoms with Crippen molar-refractivity contribution in [2.24, 2.45) is 5.41 Å². The van der Waals surface area contributed by atoms with Crippen molar-refractivity contribution >= 4 is 37.6 Å². The number of alkyl halides is 1. The third kappa shape index (κ3) is 3.72. The van der Waals surface area contributed by atoms with Gasteiger partial charge in [-0.1, -0.05) is 46.4 Å². The maximum atomic E-state index is 12.2. The van der Waals surface area contributed by atoms with E-state index < -0.39 is 10.0 Å². The molecule has 0 amide bonds. The number of hydrogen-bond acceptors (Lipinski definition) is 2. The van der Waals surface area contributed by atoms with Crippen LogP contribution in [-0.4, -0.2) is 20.3 Å². The summed E-state index contributed by atoms with van der Waals surface area (Å²) in [6.07, 6.45) is 4.47. The smallest absolute Gasteiger partial charge is 0.211 e. The van der Waals surface area contributed by atoms with E-state index in [0.29, 0.717) is 11.6 Å². The predicted molar refractivity (Wildman–Crippen MR) is 81.3 cm³/mol. The molecule has 19 heavy (non-hydrogen) atoms. The summed E-state index contributed by atoms with van der Waals surface area (Å²) in [5, 5.41) is 1.26. The van der Waals surface area contributed by atoms with Crippen molar-refractivity contribution in [1.82, 2.24) is 4.72 Å². The normalized spacial score (nSPS) is 18.6. The molecule has 3 nitrogen and oxygen atoms in total. The van der Waals surface area contributed by atoms with E-state index in [2.05, 4.69) is 20.7 Å². The lowest BCUT2D eigenvalue weighted by molar-refractivity contribution is 0.347. The van der Waals surface area contributed by atoms with E-state index >= 15 is 0 Å². The maximum absolute atomic E-state index is 12.2. The number of benzene rings is 1. The van der Waals surface area contributed by atoms with Crippen molar-refractivity contribution in [3.63, 3.8) is 0 Å². The Balaban J connectivity index is 2.09. The average Bonchev–Trinajstić information content (AvgIpc) is 2.86. The number of rotatable bonds is 5. The van der Waals surface area contributed by atoms with Gasteiger partial charge in [0.15, 0.2) is 0 Å². The molecule has 6 heteroatoms. The average molecular weight is 367 g/mol. The summed E-state index contributed by atoms with van der Waals surface area (Å²) in [4.78, 5) is 0.225. The van der Waals surface area contributed by atoms with Crippen molar-refractivity contribution in [3.8, 4) is 0 Å². The highest BCUT2D eigenvalue weighted by Crippen LogP contribution is 2.39. The van der Waals surface area contributed by atoms with Crippen molar-refractivity contribution in [3.05, 3.63) is 29.3 Å². The van der Waals surface area contributed by atoms with Crippen LogP contribution < -0.4 is 4.72 Å². The molecule has 1 aromatic carbocycles. The molecule has 0 aliphatic heterocycles. The monoisotopic (exact) mass is 365 g/mol. The maximum Gasteiger partial charge on any atom is 0.240 e. The molecule has 0 radical (unpaired) electrons. The summed E-state index contributed by atoms with van der Waals surface area (Å²) in [6.45, 7) is 0.479. The van der Waals surface area contributed by atoms with Gasteiger partial charge in [0.2, 0.25) is 10.0 Å². The van der Waals surface area contributed by atoms with Crippen molar-refractivity contribution in [2.75, 3.05) is 11.9 Å². The standard InChI is InChI=1S/C13H17BrClNO2S/c14-9-13(6-1-2-7-13)10-16-19(17,18)12-5-3-4-11(15)8-12/h3-5,8,16H,1-2,6-7,9-10H2. The summed E-state index contributed by atoms with van der Waals surface area (Å²) in [6, 6.07) is 6.34. The Hall–Kier alpha value is -0.100. The molecular weight excluding hydrogens is 350 g/mol. The SMILES string of the molecule is O=S(=O)(NCC1(CBr)CCCC1)c1cccc(Cl)c1. The lowest BCUT2D eigenvalue weighted by Crippen LogP contribution is -2.37. The Morgan fingerprint density at radius 3 is 2.58 bits per heavy atom. The number of hydrogen-bond donors (Lipinski definition) is 1. The van der Waals surface area contributed by atoms with Crippen LogP contribution in [0.25, 0.3) is 0 Å². The molecule has 106 valence electrons. The number of halogens is 2. The number of sulfonamides is 1. The van der Waals surface area contributed by atoms with E-state index in [1.807, 2.05) is 0 Å². The molecule has 0 unspecified atom stereocenters. The fourth-order valence-corrected chi connectivity index (χ4v) is 4.66. The zero-order valence-electron chi connectivity index (χ0n) is 10.5. The quantitative estimate of drug-likeness (QED) is 0.810.